The first kappa shape index (κ1) is 31.3. The highest BCUT2D eigenvalue weighted by Gasteiger charge is 2.32. The van der Waals surface area contributed by atoms with E-state index in [0.717, 1.165) is 65.7 Å². The zero-order chi connectivity index (χ0) is 32.3. The second-order valence-corrected chi connectivity index (χ2v) is 11.5. The Kier molecular flexibility index (Phi) is 9.12. The maximum atomic E-state index is 15.1. The molecule has 7 nitrogen and oxygen atoms in total. The van der Waals surface area contributed by atoms with Gasteiger partial charge in [0.2, 0.25) is 0 Å². The second kappa shape index (κ2) is 13.4. The number of hydrogen-bond acceptors (Lipinski definition) is 7. The van der Waals surface area contributed by atoms with Crippen LogP contribution in [0, 0.1) is 24.4 Å². The van der Waals surface area contributed by atoms with Crippen molar-refractivity contribution in [2.45, 2.75) is 32.4 Å². The van der Waals surface area contributed by atoms with Crippen molar-refractivity contribution in [2.75, 3.05) is 37.2 Å². The van der Waals surface area contributed by atoms with Crippen molar-refractivity contribution >= 4 is 22.3 Å². The Labute approximate surface area is 268 Å². The smallest absolute Gasteiger partial charge is 0.167 e. The number of rotatable bonds is 11. The minimum atomic E-state index is -1.01. The average Bonchev–Trinajstić information content (AvgIpc) is 3.59. The zero-order valence-corrected chi connectivity index (χ0v) is 25.6. The molecule has 1 saturated heterocycles. The third kappa shape index (κ3) is 6.79. The highest BCUT2D eigenvalue weighted by molar-refractivity contribution is 5.92. The Hall–Kier alpha value is -4.64. The lowest BCUT2D eigenvalue weighted by Gasteiger charge is -2.34. The molecule has 0 spiro atoms. The minimum Gasteiger partial charge on any atom is -0.454 e. The van der Waals surface area contributed by atoms with Gasteiger partial charge in [-0.15, -0.1) is 0 Å². The fourth-order valence-electron chi connectivity index (χ4n) is 5.78. The molecule has 0 radical (unpaired) electrons. The largest absolute Gasteiger partial charge is 0.454 e. The molecule has 1 aliphatic rings. The Morgan fingerprint density at radius 2 is 1.61 bits per heavy atom. The Morgan fingerprint density at radius 3 is 2.35 bits per heavy atom. The number of aliphatic hydroxyl groups is 1. The van der Waals surface area contributed by atoms with Gasteiger partial charge in [0, 0.05) is 45.3 Å². The SMILES string of the molecule is Cc1cc(-c2ccc(C(C)(O)N3CCCC3)cc2)cc2nccc(Oc3ccc(NCOCNc4ccc(F)cc4F)cc3F)c12.[HH].[HH]. The molecule has 2 heterocycles. The summed E-state index contributed by atoms with van der Waals surface area (Å²) in [5.41, 5.74) is 4.03. The van der Waals surface area contributed by atoms with E-state index in [0.29, 0.717) is 17.0 Å². The van der Waals surface area contributed by atoms with E-state index in [2.05, 4.69) is 20.5 Å². The molecule has 4 aromatic carbocycles. The summed E-state index contributed by atoms with van der Waals surface area (Å²) in [4.78, 5) is 6.67. The summed E-state index contributed by atoms with van der Waals surface area (Å²) in [5.74, 6) is -1.42. The first-order valence-corrected chi connectivity index (χ1v) is 15.1. The van der Waals surface area contributed by atoms with Gasteiger partial charge < -0.3 is 25.2 Å². The number of benzene rings is 4. The summed E-state index contributed by atoms with van der Waals surface area (Å²) in [6, 6.07) is 21.4. The lowest BCUT2D eigenvalue weighted by Crippen LogP contribution is -2.41. The quantitative estimate of drug-likeness (QED) is 0.0994. The molecule has 1 fully saturated rings. The van der Waals surface area contributed by atoms with Crippen LogP contribution in [0.1, 0.15) is 33.7 Å². The first-order valence-electron chi connectivity index (χ1n) is 15.1. The molecule has 1 aliphatic heterocycles. The summed E-state index contributed by atoms with van der Waals surface area (Å²) >= 11 is 0. The molecule has 5 aromatic rings. The molecule has 242 valence electrons. The van der Waals surface area contributed by atoms with Gasteiger partial charge in [0.05, 0.1) is 11.2 Å². The Morgan fingerprint density at radius 1 is 0.848 bits per heavy atom. The maximum absolute atomic E-state index is 15.1. The molecule has 0 bridgehead atoms. The lowest BCUT2D eigenvalue weighted by atomic mass is 9.96. The number of anilines is 2. The van der Waals surface area contributed by atoms with Crippen LogP contribution in [-0.2, 0) is 10.5 Å². The number of aryl methyl sites for hydroxylation is 1. The number of pyridine rings is 1. The van der Waals surface area contributed by atoms with Gasteiger partial charge >= 0.3 is 0 Å². The van der Waals surface area contributed by atoms with Gasteiger partial charge in [0.1, 0.15) is 36.6 Å². The minimum absolute atomic E-state index is 0. The summed E-state index contributed by atoms with van der Waals surface area (Å²) in [5, 5.41) is 17.6. The average molecular weight is 633 g/mol. The van der Waals surface area contributed by atoms with Gasteiger partial charge in [0.15, 0.2) is 11.6 Å². The lowest BCUT2D eigenvalue weighted by molar-refractivity contribution is -0.0882. The van der Waals surface area contributed by atoms with Crippen molar-refractivity contribution in [3.8, 4) is 22.6 Å². The molecule has 1 atom stereocenters. The molecule has 0 amide bonds. The van der Waals surface area contributed by atoms with E-state index < -0.39 is 23.2 Å². The molecule has 10 heteroatoms. The van der Waals surface area contributed by atoms with Crippen molar-refractivity contribution in [1.82, 2.24) is 9.88 Å². The van der Waals surface area contributed by atoms with Crippen molar-refractivity contribution in [3.63, 3.8) is 0 Å². The third-order valence-electron chi connectivity index (χ3n) is 8.31. The van der Waals surface area contributed by atoms with Gasteiger partial charge in [-0.05, 0) is 85.3 Å². The third-order valence-corrected chi connectivity index (χ3v) is 8.31. The number of halogens is 3. The number of nitrogens with one attached hydrogen (secondary N) is 2. The van der Waals surface area contributed by atoms with Crippen molar-refractivity contribution < 1.29 is 30.6 Å². The van der Waals surface area contributed by atoms with Crippen LogP contribution in [0.5, 0.6) is 11.5 Å². The fraction of sp³-hybridized carbons (Fsp3) is 0.250. The van der Waals surface area contributed by atoms with Crippen LogP contribution >= 0.6 is 0 Å². The summed E-state index contributed by atoms with van der Waals surface area (Å²) in [6.07, 6.45) is 3.83. The van der Waals surface area contributed by atoms with Gasteiger partial charge in [-0.1, -0.05) is 30.3 Å². The normalized spacial score (nSPS) is 14.7. The van der Waals surface area contributed by atoms with Gasteiger partial charge in [-0.2, -0.15) is 0 Å². The van der Waals surface area contributed by atoms with Crippen LogP contribution < -0.4 is 15.4 Å². The van der Waals surface area contributed by atoms with E-state index in [1.54, 1.807) is 18.3 Å². The molecule has 1 unspecified atom stereocenters. The fourth-order valence-corrected chi connectivity index (χ4v) is 5.78. The monoisotopic (exact) mass is 632 g/mol. The molecule has 6 rings (SSSR count). The highest BCUT2D eigenvalue weighted by atomic mass is 19.1. The van der Waals surface area contributed by atoms with Crippen molar-refractivity contribution in [2.24, 2.45) is 0 Å². The first-order chi connectivity index (χ1) is 22.2. The van der Waals surface area contributed by atoms with E-state index in [1.807, 2.05) is 50.2 Å². The van der Waals surface area contributed by atoms with Crippen molar-refractivity contribution in [3.05, 3.63) is 114 Å². The predicted molar refractivity (Wildman–Crippen MR) is 177 cm³/mol. The molecule has 3 N–H and O–H groups in total. The maximum Gasteiger partial charge on any atom is 0.167 e. The Balaban J connectivity index is 0.00000260. The molecular formula is C36H39F3N4O3. The number of nitrogens with zero attached hydrogens (tertiary/aromatic N) is 2. The predicted octanol–water partition coefficient (Wildman–Crippen LogP) is 8.63. The number of aromatic nitrogens is 1. The van der Waals surface area contributed by atoms with Crippen LogP contribution in [0.15, 0.2) is 85.1 Å². The van der Waals surface area contributed by atoms with Gasteiger partial charge in [-0.3, -0.25) is 9.88 Å². The summed E-state index contributed by atoms with van der Waals surface area (Å²) < 4.78 is 53.2. The number of hydrogen-bond donors (Lipinski definition) is 3. The van der Waals surface area contributed by atoms with E-state index >= 15 is 4.39 Å². The number of likely N-dealkylation sites (tertiary alicyclic amines) is 1. The molecule has 0 aliphatic carbocycles. The van der Waals surface area contributed by atoms with E-state index in [4.69, 9.17) is 9.47 Å². The highest BCUT2D eigenvalue weighted by Crippen LogP contribution is 2.37. The van der Waals surface area contributed by atoms with Crippen LogP contribution in [0.4, 0.5) is 24.5 Å². The molecule has 0 saturated carbocycles. The van der Waals surface area contributed by atoms with E-state index in [9.17, 15) is 13.9 Å². The van der Waals surface area contributed by atoms with Crippen LogP contribution in [0.2, 0.25) is 0 Å². The summed E-state index contributed by atoms with van der Waals surface area (Å²) in [6.45, 7) is 5.57. The molecule has 1 aromatic heterocycles. The van der Waals surface area contributed by atoms with Gasteiger partial charge in [-0.25, -0.2) is 13.2 Å². The Bertz CT molecular complexity index is 1860. The second-order valence-electron chi connectivity index (χ2n) is 11.5. The zero-order valence-electron chi connectivity index (χ0n) is 25.6. The van der Waals surface area contributed by atoms with Crippen LogP contribution in [-0.4, -0.2) is 41.5 Å². The van der Waals surface area contributed by atoms with Crippen LogP contribution in [0.25, 0.3) is 22.0 Å². The van der Waals surface area contributed by atoms with E-state index in [1.165, 1.54) is 18.2 Å². The topological polar surface area (TPSA) is 78.9 Å². The van der Waals surface area contributed by atoms with Crippen LogP contribution in [0.3, 0.4) is 0 Å². The van der Waals surface area contributed by atoms with E-state index in [-0.39, 0.29) is 27.8 Å². The molecular weight excluding hydrogens is 593 g/mol. The summed E-state index contributed by atoms with van der Waals surface area (Å²) in [7, 11) is 0. The number of fused-ring (bicyclic) bond motifs is 1. The van der Waals surface area contributed by atoms with Crippen molar-refractivity contribution in [1.29, 1.82) is 0 Å². The number of ether oxygens (including phenoxy) is 2. The van der Waals surface area contributed by atoms with Gasteiger partial charge in [0.25, 0.3) is 0 Å². The molecule has 46 heavy (non-hydrogen) atoms. The standard InChI is InChI=1S/C36H35F3N4O3.2H2/c1-23-17-25(24-5-7-26(8-6-24)36(2,44)43-15-3-4-16-43)18-32-35(23)34(13-14-40-32)46-33-12-10-28(20-30(33)39)41-21-45-22-42-31-11-9-27(37)19-29(31)38;;/h5-14,17-20,41-42,44H,3-4,15-16,21-22H2,1-2H3;2*1H.